The van der Waals surface area contributed by atoms with E-state index in [1.807, 2.05) is 11.8 Å². The average Bonchev–Trinajstić information content (AvgIpc) is 2.87. The number of pyridine rings is 2. The summed E-state index contributed by atoms with van der Waals surface area (Å²) < 4.78 is 29.7. The van der Waals surface area contributed by atoms with Crippen molar-refractivity contribution in [1.29, 1.82) is 0 Å². The van der Waals surface area contributed by atoms with E-state index in [2.05, 4.69) is 24.5 Å². The summed E-state index contributed by atoms with van der Waals surface area (Å²) >= 11 is 0. The van der Waals surface area contributed by atoms with Gasteiger partial charge in [-0.25, -0.2) is 13.8 Å². The second kappa shape index (κ2) is 11.0. The maximum atomic E-state index is 15.0. The first kappa shape index (κ1) is 26.7. The fourth-order valence-electron chi connectivity index (χ4n) is 4.44. The van der Waals surface area contributed by atoms with Crippen molar-refractivity contribution in [1.82, 2.24) is 9.97 Å². The lowest BCUT2D eigenvalue weighted by atomic mass is 9.92. The maximum absolute atomic E-state index is 15.0. The fourth-order valence-corrected chi connectivity index (χ4v) is 4.90. The van der Waals surface area contributed by atoms with Crippen LogP contribution in [0, 0.1) is 17.6 Å². The highest BCUT2D eigenvalue weighted by atomic mass is 31.0. The van der Waals surface area contributed by atoms with Gasteiger partial charge in [0.1, 0.15) is 23.0 Å². The summed E-state index contributed by atoms with van der Waals surface area (Å²) in [5, 5.41) is 13.2. The van der Waals surface area contributed by atoms with E-state index in [9.17, 15) is 23.5 Å². The summed E-state index contributed by atoms with van der Waals surface area (Å²) in [6.45, 7) is 4.46. The van der Waals surface area contributed by atoms with E-state index in [0.29, 0.717) is 24.5 Å². The molecular weight excluding hydrogens is 499 g/mol. The normalized spacial score (nSPS) is 19.5. The first-order chi connectivity index (χ1) is 17.6. The minimum atomic E-state index is -0.819. The Hall–Kier alpha value is -3.33. The van der Waals surface area contributed by atoms with Gasteiger partial charge in [-0.2, -0.15) is 0 Å². The van der Waals surface area contributed by atoms with Crippen LogP contribution in [0.1, 0.15) is 41.1 Å². The van der Waals surface area contributed by atoms with Crippen LogP contribution < -0.4 is 21.3 Å². The van der Waals surface area contributed by atoms with Crippen LogP contribution in [-0.2, 0) is 0 Å². The number of aromatic nitrogens is 2. The third-order valence-electron chi connectivity index (χ3n) is 6.43. The van der Waals surface area contributed by atoms with Gasteiger partial charge in [-0.1, -0.05) is 13.8 Å². The maximum Gasteiger partial charge on any atom is 0.274 e. The van der Waals surface area contributed by atoms with Crippen LogP contribution >= 0.6 is 9.24 Å². The molecule has 0 radical (unpaired) electrons. The third kappa shape index (κ3) is 5.51. The summed E-state index contributed by atoms with van der Waals surface area (Å²) in [5.74, 6) is -2.61. The van der Waals surface area contributed by atoms with Crippen molar-refractivity contribution in [3.63, 3.8) is 0 Å². The molecule has 8 nitrogen and oxygen atoms in total. The number of hydrogen-bond acceptors (Lipinski definition) is 7. The van der Waals surface area contributed by atoms with Crippen molar-refractivity contribution in [2.45, 2.75) is 32.4 Å². The molecule has 1 aromatic carbocycles. The van der Waals surface area contributed by atoms with E-state index in [1.165, 1.54) is 18.3 Å². The number of piperidine rings is 1. The molecule has 1 fully saturated rings. The summed E-state index contributed by atoms with van der Waals surface area (Å²) in [7, 11) is 2.29. The van der Waals surface area contributed by atoms with Crippen LogP contribution in [-0.4, -0.2) is 52.0 Å². The van der Waals surface area contributed by atoms with Gasteiger partial charge in [-0.3, -0.25) is 14.6 Å². The zero-order chi connectivity index (χ0) is 26.9. The van der Waals surface area contributed by atoms with Gasteiger partial charge in [0.15, 0.2) is 5.78 Å². The van der Waals surface area contributed by atoms with E-state index < -0.39 is 29.7 Å². The standard InChI is InChI=1S/C26H28F2N5O3P/c1-3-21(34)14-8-16(28)23(22(37)9-14)24-15(27)4-5-18(31-24)26(36)32-19-10-30-7-6-20(19)33-11-13(2)25(35)17(29)12-33/h4-10,13,17,25,35H,3,11-12,29,37H2,1-2H3,(H,32,36)/t13-,17+,25+/m0/s1. The molecule has 4 rings (SSSR count). The van der Waals surface area contributed by atoms with Gasteiger partial charge in [0.2, 0.25) is 0 Å². The number of nitrogens with one attached hydrogen (secondary N) is 1. The molecule has 3 heterocycles. The number of aliphatic hydroxyl groups is 1. The van der Waals surface area contributed by atoms with Gasteiger partial charge in [0.05, 0.1) is 23.7 Å². The van der Waals surface area contributed by atoms with Gasteiger partial charge in [-0.05, 0) is 35.6 Å². The van der Waals surface area contributed by atoms with E-state index in [-0.39, 0.29) is 45.9 Å². The lowest BCUT2D eigenvalue weighted by Crippen LogP contribution is -2.55. The number of nitrogens with zero attached hydrogens (tertiary/aromatic N) is 3. The number of halogens is 2. The number of carbonyl (C=O) groups excluding carboxylic acids is 2. The van der Waals surface area contributed by atoms with E-state index in [1.54, 1.807) is 19.2 Å². The minimum absolute atomic E-state index is 0.0863. The van der Waals surface area contributed by atoms with E-state index >= 15 is 0 Å². The Morgan fingerprint density at radius 2 is 1.97 bits per heavy atom. The average molecular weight is 528 g/mol. The number of carbonyl (C=O) groups is 2. The third-order valence-corrected chi connectivity index (χ3v) is 6.88. The topological polar surface area (TPSA) is 121 Å². The molecule has 0 spiro atoms. The molecule has 4 N–H and O–H groups in total. The fraction of sp³-hybridized carbons (Fsp3) is 0.308. The van der Waals surface area contributed by atoms with Crippen molar-refractivity contribution in [3.05, 3.63) is 65.6 Å². The first-order valence-electron chi connectivity index (χ1n) is 11.8. The number of Topliss-reactive ketones (excluding diaryl/α,β-unsaturated/α-hetero) is 1. The molecule has 1 saturated heterocycles. The zero-order valence-corrected chi connectivity index (χ0v) is 21.6. The molecule has 37 heavy (non-hydrogen) atoms. The quantitative estimate of drug-likeness (QED) is 0.333. The van der Waals surface area contributed by atoms with Gasteiger partial charge in [0.25, 0.3) is 5.91 Å². The number of hydrogen-bond donors (Lipinski definition) is 3. The highest BCUT2D eigenvalue weighted by Crippen LogP contribution is 2.30. The Kier molecular flexibility index (Phi) is 7.92. The highest BCUT2D eigenvalue weighted by Gasteiger charge is 2.32. The lowest BCUT2D eigenvalue weighted by molar-refractivity contribution is 0.0785. The Labute approximate surface area is 215 Å². The summed E-state index contributed by atoms with van der Waals surface area (Å²) in [5.41, 5.74) is 6.68. The monoisotopic (exact) mass is 527 g/mol. The second-order valence-electron chi connectivity index (χ2n) is 9.11. The van der Waals surface area contributed by atoms with Crippen LogP contribution in [0.25, 0.3) is 11.3 Å². The van der Waals surface area contributed by atoms with Crippen LogP contribution in [0.5, 0.6) is 0 Å². The van der Waals surface area contributed by atoms with Crippen LogP contribution in [0.4, 0.5) is 20.2 Å². The van der Waals surface area contributed by atoms with Crippen LogP contribution in [0.3, 0.4) is 0 Å². The molecule has 4 atom stereocenters. The van der Waals surface area contributed by atoms with Gasteiger partial charge < -0.3 is 21.1 Å². The molecule has 0 saturated carbocycles. The predicted molar refractivity (Wildman–Crippen MR) is 141 cm³/mol. The van der Waals surface area contributed by atoms with Crippen molar-refractivity contribution in [2.75, 3.05) is 23.3 Å². The number of rotatable bonds is 6. The number of anilines is 2. The molecule has 3 aromatic rings. The summed E-state index contributed by atoms with van der Waals surface area (Å²) in [4.78, 5) is 35.3. The molecule has 1 amide bonds. The number of nitrogens with two attached hydrogens (primary N) is 1. The molecule has 11 heteroatoms. The molecule has 194 valence electrons. The predicted octanol–water partition coefficient (Wildman–Crippen LogP) is 2.91. The minimum Gasteiger partial charge on any atom is -0.391 e. The molecule has 1 aliphatic heterocycles. The number of ketones is 1. The van der Waals surface area contributed by atoms with Gasteiger partial charge in [-0.15, -0.1) is 9.24 Å². The zero-order valence-electron chi connectivity index (χ0n) is 20.4. The van der Waals surface area contributed by atoms with Crippen molar-refractivity contribution < 1.29 is 23.5 Å². The summed E-state index contributed by atoms with van der Waals surface area (Å²) in [6.07, 6.45) is 2.62. The molecule has 0 bridgehead atoms. The van der Waals surface area contributed by atoms with E-state index in [4.69, 9.17) is 5.73 Å². The number of aliphatic hydroxyl groups excluding tert-OH is 1. The molecular formula is C26H28F2N5O3P. The Morgan fingerprint density at radius 1 is 1.22 bits per heavy atom. The van der Waals surface area contributed by atoms with Crippen LogP contribution in [0.2, 0.25) is 0 Å². The van der Waals surface area contributed by atoms with Crippen molar-refractivity contribution in [3.8, 4) is 11.3 Å². The Morgan fingerprint density at radius 3 is 2.65 bits per heavy atom. The Bertz CT molecular complexity index is 1320. The van der Waals surface area contributed by atoms with Gasteiger partial charge >= 0.3 is 0 Å². The highest BCUT2D eigenvalue weighted by molar-refractivity contribution is 7.28. The number of benzene rings is 1. The van der Waals surface area contributed by atoms with Crippen LogP contribution in [0.15, 0.2) is 42.7 Å². The first-order valence-corrected chi connectivity index (χ1v) is 12.4. The number of amides is 1. The van der Waals surface area contributed by atoms with E-state index in [0.717, 1.165) is 12.1 Å². The molecule has 1 unspecified atom stereocenters. The second-order valence-corrected chi connectivity index (χ2v) is 9.73. The summed E-state index contributed by atoms with van der Waals surface area (Å²) in [6, 6.07) is 6.01. The smallest absolute Gasteiger partial charge is 0.274 e. The van der Waals surface area contributed by atoms with Gasteiger partial charge in [0, 0.05) is 48.8 Å². The SMILES string of the molecule is CCC(=O)c1cc(F)c(-c2nc(C(=O)Nc3cnccc3N3C[C@@H](N)[C@H](O)[C@@H](C)C3)ccc2F)c(P)c1. The lowest BCUT2D eigenvalue weighted by Gasteiger charge is -2.40. The Balaban J connectivity index is 1.64. The molecule has 0 aliphatic carbocycles. The van der Waals surface area contributed by atoms with Crippen molar-refractivity contribution in [2.24, 2.45) is 11.7 Å². The molecule has 2 aromatic heterocycles. The van der Waals surface area contributed by atoms with Crippen molar-refractivity contribution >= 4 is 37.6 Å². The molecule has 1 aliphatic rings. The largest absolute Gasteiger partial charge is 0.391 e.